The lowest BCUT2D eigenvalue weighted by Crippen LogP contribution is -2.43. The number of aliphatic hydroxyl groups excluding tert-OH is 1. The number of carboxylic acids is 1. The maximum absolute atomic E-state index is 12.0. The molecule has 0 radical (unpaired) electrons. The molecular weight excluding hydrogens is 262 g/mol. The van der Waals surface area contributed by atoms with Crippen molar-refractivity contribution in [3.05, 3.63) is 29.8 Å². The summed E-state index contributed by atoms with van der Waals surface area (Å²) in [7, 11) is 0. The zero-order valence-electron chi connectivity index (χ0n) is 11.5. The van der Waals surface area contributed by atoms with Gasteiger partial charge in [0.15, 0.2) is 6.04 Å². The molecule has 0 saturated carbocycles. The minimum Gasteiger partial charge on any atom is -0.492 e. The van der Waals surface area contributed by atoms with Crippen molar-refractivity contribution >= 4 is 11.9 Å². The largest absolute Gasteiger partial charge is 0.492 e. The summed E-state index contributed by atoms with van der Waals surface area (Å²) in [4.78, 5) is 22.8. The van der Waals surface area contributed by atoms with Gasteiger partial charge in [-0.1, -0.05) is 26.0 Å². The number of hydrogen-bond acceptors (Lipinski definition) is 4. The van der Waals surface area contributed by atoms with E-state index in [2.05, 4.69) is 5.32 Å². The number of benzene rings is 1. The molecule has 0 saturated heterocycles. The summed E-state index contributed by atoms with van der Waals surface area (Å²) in [5.74, 6) is -1.19. The molecule has 0 bridgehead atoms. The number of aliphatic hydroxyl groups is 1. The highest BCUT2D eigenvalue weighted by atomic mass is 16.5. The molecule has 1 aromatic rings. The lowest BCUT2D eigenvalue weighted by Gasteiger charge is -2.15. The van der Waals surface area contributed by atoms with Crippen LogP contribution < -0.4 is 10.1 Å². The number of ether oxygens (including phenoxy) is 1. The highest BCUT2D eigenvalue weighted by Gasteiger charge is 2.21. The van der Waals surface area contributed by atoms with Crippen LogP contribution in [0, 0.1) is 5.92 Å². The molecule has 3 N–H and O–H groups in total. The van der Waals surface area contributed by atoms with Crippen LogP contribution in [0.3, 0.4) is 0 Å². The second kappa shape index (κ2) is 7.49. The first-order chi connectivity index (χ1) is 9.45. The van der Waals surface area contributed by atoms with Crippen molar-refractivity contribution in [3.8, 4) is 5.75 Å². The average molecular weight is 281 g/mol. The second-order valence-corrected chi connectivity index (χ2v) is 4.75. The van der Waals surface area contributed by atoms with Gasteiger partial charge in [0.1, 0.15) is 5.75 Å². The fourth-order valence-electron chi connectivity index (χ4n) is 1.46. The van der Waals surface area contributed by atoms with Crippen LogP contribution in [0.2, 0.25) is 0 Å². The first kappa shape index (κ1) is 16.0. The highest BCUT2D eigenvalue weighted by molar-refractivity contribution is 5.98. The number of nitrogens with one attached hydrogen (secondary N) is 1. The number of para-hydroxylation sites is 1. The summed E-state index contributed by atoms with van der Waals surface area (Å²) in [5.41, 5.74) is 0.243. The quantitative estimate of drug-likeness (QED) is 0.690. The SMILES string of the molecule is CC(C)COc1ccccc1C(=O)N[C@H](CO)C(=O)O. The third-order valence-corrected chi connectivity index (χ3v) is 2.49. The van der Waals surface area contributed by atoms with Crippen LogP contribution in [-0.2, 0) is 4.79 Å². The van der Waals surface area contributed by atoms with E-state index in [4.69, 9.17) is 14.9 Å². The molecule has 0 aromatic heterocycles. The van der Waals surface area contributed by atoms with Crippen molar-refractivity contribution in [2.75, 3.05) is 13.2 Å². The molecule has 1 amide bonds. The molecule has 1 rings (SSSR count). The zero-order valence-corrected chi connectivity index (χ0v) is 11.5. The molecule has 0 aliphatic rings. The van der Waals surface area contributed by atoms with E-state index in [0.29, 0.717) is 18.3 Å². The number of aliphatic carboxylic acids is 1. The third kappa shape index (κ3) is 4.55. The normalized spacial score (nSPS) is 12.0. The first-order valence-electron chi connectivity index (χ1n) is 6.32. The predicted molar refractivity (Wildman–Crippen MR) is 72.8 cm³/mol. The molecule has 0 unspecified atom stereocenters. The number of rotatable bonds is 7. The van der Waals surface area contributed by atoms with E-state index in [1.165, 1.54) is 0 Å². The fourth-order valence-corrected chi connectivity index (χ4v) is 1.46. The third-order valence-electron chi connectivity index (χ3n) is 2.49. The predicted octanol–water partition coefficient (Wildman–Crippen LogP) is 0.897. The Morgan fingerprint density at radius 1 is 1.30 bits per heavy atom. The van der Waals surface area contributed by atoms with Crippen molar-refractivity contribution in [1.29, 1.82) is 0 Å². The molecule has 6 nitrogen and oxygen atoms in total. The Morgan fingerprint density at radius 2 is 1.95 bits per heavy atom. The minimum atomic E-state index is -1.33. The van der Waals surface area contributed by atoms with E-state index in [-0.39, 0.29) is 5.56 Å². The molecule has 20 heavy (non-hydrogen) atoms. The van der Waals surface area contributed by atoms with Crippen LogP contribution in [0.4, 0.5) is 0 Å². The van der Waals surface area contributed by atoms with Crippen molar-refractivity contribution in [1.82, 2.24) is 5.32 Å². The van der Waals surface area contributed by atoms with Crippen molar-refractivity contribution in [2.24, 2.45) is 5.92 Å². The maximum atomic E-state index is 12.0. The Bertz CT molecular complexity index is 472. The number of amides is 1. The number of carbonyl (C=O) groups excluding carboxylic acids is 1. The lowest BCUT2D eigenvalue weighted by molar-refractivity contribution is -0.140. The molecule has 6 heteroatoms. The van der Waals surface area contributed by atoms with Gasteiger partial charge in [-0.05, 0) is 18.1 Å². The number of hydrogen-bond donors (Lipinski definition) is 3. The standard InChI is InChI=1S/C14H19NO5/c1-9(2)8-20-12-6-4-3-5-10(12)13(17)15-11(7-16)14(18)19/h3-6,9,11,16H,7-8H2,1-2H3,(H,15,17)(H,18,19)/t11-/m1/s1. The fraction of sp³-hybridized carbons (Fsp3) is 0.429. The van der Waals surface area contributed by atoms with Crippen molar-refractivity contribution < 1.29 is 24.5 Å². The van der Waals surface area contributed by atoms with E-state index >= 15 is 0 Å². The summed E-state index contributed by atoms with van der Waals surface area (Å²) in [6, 6.07) is 5.24. The van der Waals surface area contributed by atoms with Crippen LogP contribution in [0.1, 0.15) is 24.2 Å². The summed E-state index contributed by atoms with van der Waals surface area (Å²) in [6.07, 6.45) is 0. The van der Waals surface area contributed by atoms with Crippen LogP contribution in [-0.4, -0.2) is 41.3 Å². The van der Waals surface area contributed by atoms with Crippen LogP contribution in [0.15, 0.2) is 24.3 Å². The molecule has 1 aromatic carbocycles. The minimum absolute atomic E-state index is 0.243. The smallest absolute Gasteiger partial charge is 0.328 e. The van der Waals surface area contributed by atoms with Gasteiger partial charge >= 0.3 is 5.97 Å². The van der Waals surface area contributed by atoms with Gasteiger partial charge in [0, 0.05) is 0 Å². The molecule has 0 heterocycles. The first-order valence-corrected chi connectivity index (χ1v) is 6.32. The Morgan fingerprint density at radius 3 is 2.50 bits per heavy atom. The van der Waals surface area contributed by atoms with E-state index in [0.717, 1.165) is 0 Å². The molecule has 110 valence electrons. The highest BCUT2D eigenvalue weighted by Crippen LogP contribution is 2.18. The van der Waals surface area contributed by atoms with Crippen LogP contribution in [0.25, 0.3) is 0 Å². The molecule has 1 atom stereocenters. The zero-order chi connectivity index (χ0) is 15.1. The van der Waals surface area contributed by atoms with Gasteiger partial charge in [-0.15, -0.1) is 0 Å². The maximum Gasteiger partial charge on any atom is 0.328 e. The van der Waals surface area contributed by atoms with E-state index in [1.54, 1.807) is 24.3 Å². The van der Waals surface area contributed by atoms with E-state index in [9.17, 15) is 9.59 Å². The summed E-state index contributed by atoms with van der Waals surface area (Å²) in [5, 5.41) is 20.0. The average Bonchev–Trinajstić information content (AvgIpc) is 2.42. The van der Waals surface area contributed by atoms with Gasteiger partial charge in [0.25, 0.3) is 5.91 Å². The van der Waals surface area contributed by atoms with E-state index in [1.807, 2.05) is 13.8 Å². The Labute approximate surface area is 117 Å². The van der Waals surface area contributed by atoms with Gasteiger partial charge < -0.3 is 20.3 Å². The van der Waals surface area contributed by atoms with Gasteiger partial charge in [0.05, 0.1) is 18.8 Å². The second-order valence-electron chi connectivity index (χ2n) is 4.75. The Hall–Kier alpha value is -2.08. The van der Waals surface area contributed by atoms with Gasteiger partial charge in [-0.2, -0.15) is 0 Å². The van der Waals surface area contributed by atoms with Gasteiger partial charge in [-0.25, -0.2) is 4.79 Å². The Kier molecular flexibility index (Phi) is 5.99. The molecule has 0 aliphatic heterocycles. The van der Waals surface area contributed by atoms with Gasteiger partial charge in [0.2, 0.25) is 0 Å². The molecular formula is C14H19NO5. The summed E-state index contributed by atoms with van der Waals surface area (Å²) in [6.45, 7) is 3.74. The summed E-state index contributed by atoms with van der Waals surface area (Å²) < 4.78 is 5.52. The summed E-state index contributed by atoms with van der Waals surface area (Å²) >= 11 is 0. The van der Waals surface area contributed by atoms with Crippen molar-refractivity contribution in [3.63, 3.8) is 0 Å². The molecule has 0 fully saturated rings. The number of carboxylic acid groups (broad SMARTS) is 1. The Balaban J connectivity index is 2.84. The monoisotopic (exact) mass is 281 g/mol. The van der Waals surface area contributed by atoms with Gasteiger partial charge in [-0.3, -0.25) is 4.79 Å². The molecule has 0 aliphatic carbocycles. The van der Waals surface area contributed by atoms with Crippen LogP contribution >= 0.6 is 0 Å². The lowest BCUT2D eigenvalue weighted by atomic mass is 10.1. The van der Waals surface area contributed by atoms with Crippen molar-refractivity contribution in [2.45, 2.75) is 19.9 Å². The number of carbonyl (C=O) groups is 2. The molecule has 0 spiro atoms. The van der Waals surface area contributed by atoms with E-state index < -0.39 is 24.5 Å². The van der Waals surface area contributed by atoms with Crippen LogP contribution in [0.5, 0.6) is 5.75 Å². The topological polar surface area (TPSA) is 95.9 Å².